The van der Waals surface area contributed by atoms with E-state index in [-0.39, 0.29) is 10.8 Å². The van der Waals surface area contributed by atoms with Gasteiger partial charge in [0.1, 0.15) is 0 Å². The molecule has 2 aliphatic carbocycles. The smallest absolute Gasteiger partial charge is 0.0620 e. The zero-order valence-electron chi connectivity index (χ0n) is 28.2. The van der Waals surface area contributed by atoms with Crippen LogP contribution in [0.25, 0.3) is 82.6 Å². The first kappa shape index (κ1) is 27.3. The van der Waals surface area contributed by atoms with Crippen LogP contribution in [0.2, 0.25) is 0 Å². The number of benzene rings is 7. The Bertz CT molecular complexity index is 2680. The molecule has 7 aromatic carbocycles. The lowest BCUT2D eigenvalue weighted by molar-refractivity contribution is 0.660. The van der Waals surface area contributed by atoms with Crippen molar-refractivity contribution in [1.29, 1.82) is 0 Å². The molecule has 0 atom stereocenters. The summed E-state index contributed by atoms with van der Waals surface area (Å²) in [4.78, 5) is 0. The van der Waals surface area contributed by atoms with E-state index in [4.69, 9.17) is 0 Å². The van der Waals surface area contributed by atoms with Gasteiger partial charge in [0.05, 0.1) is 16.6 Å². The molecule has 0 N–H and O–H groups in total. The van der Waals surface area contributed by atoms with Crippen LogP contribution in [0.5, 0.6) is 0 Å². The van der Waals surface area contributed by atoms with Crippen LogP contribution in [0.15, 0.2) is 140 Å². The van der Waals surface area contributed by atoms with E-state index in [1.807, 2.05) is 0 Å². The third kappa shape index (κ3) is 3.31. The molecule has 2 aromatic heterocycles. The molecule has 0 amide bonds. The van der Waals surface area contributed by atoms with Gasteiger partial charge in [0.2, 0.25) is 0 Å². The summed E-state index contributed by atoms with van der Waals surface area (Å²) in [5, 5.41) is 5.29. The van der Waals surface area contributed by atoms with Gasteiger partial charge in [0, 0.05) is 32.4 Å². The molecule has 0 unspecified atom stereocenters. The Morgan fingerprint density at radius 1 is 0.367 bits per heavy atom. The number of para-hydroxylation sites is 1. The van der Waals surface area contributed by atoms with Crippen molar-refractivity contribution in [2.45, 2.75) is 38.5 Å². The highest BCUT2D eigenvalue weighted by Crippen LogP contribution is 2.52. The van der Waals surface area contributed by atoms with E-state index < -0.39 is 0 Å². The van der Waals surface area contributed by atoms with Crippen molar-refractivity contribution < 1.29 is 0 Å². The van der Waals surface area contributed by atoms with Crippen molar-refractivity contribution >= 4 is 38.1 Å². The molecule has 0 bridgehead atoms. The number of hydrogen-bond acceptors (Lipinski definition) is 0. The van der Waals surface area contributed by atoms with Gasteiger partial charge in [-0.1, -0.05) is 143 Å². The van der Waals surface area contributed by atoms with Gasteiger partial charge in [-0.25, -0.2) is 0 Å². The van der Waals surface area contributed by atoms with Crippen molar-refractivity contribution in [3.63, 3.8) is 0 Å². The second-order valence-corrected chi connectivity index (χ2v) is 15.3. The fourth-order valence-electron chi connectivity index (χ4n) is 9.83. The molecule has 0 saturated carbocycles. The number of fused-ring (bicyclic) bond motifs is 12. The SMILES string of the molecule is CC1(C)c2ccccc2-c2cc(-c3cccc4c3c3cccc5c6c(-c7ccc8c(c7)-c7ccccc7C8(C)C)cccc6n4c35)ccc21. The van der Waals surface area contributed by atoms with E-state index in [0.29, 0.717) is 0 Å². The molecule has 0 spiro atoms. The van der Waals surface area contributed by atoms with Crippen molar-refractivity contribution in [1.82, 2.24) is 4.40 Å². The van der Waals surface area contributed by atoms with E-state index in [2.05, 4.69) is 172 Å². The van der Waals surface area contributed by atoms with Gasteiger partial charge in [0.15, 0.2) is 0 Å². The highest BCUT2D eigenvalue weighted by atomic mass is 14.9. The van der Waals surface area contributed by atoms with E-state index in [9.17, 15) is 0 Å². The summed E-state index contributed by atoms with van der Waals surface area (Å²) in [6.45, 7) is 9.42. The average molecular weight is 626 g/mol. The monoisotopic (exact) mass is 625 g/mol. The quantitative estimate of drug-likeness (QED) is 0.180. The molecule has 1 heteroatoms. The maximum Gasteiger partial charge on any atom is 0.0620 e. The first-order valence-corrected chi connectivity index (χ1v) is 17.5. The van der Waals surface area contributed by atoms with Crippen LogP contribution in [0.3, 0.4) is 0 Å². The second kappa shape index (κ2) is 9.07. The molecule has 0 radical (unpaired) electrons. The summed E-state index contributed by atoms with van der Waals surface area (Å²) in [6.07, 6.45) is 0. The molecular weight excluding hydrogens is 591 g/mol. The van der Waals surface area contributed by atoms with E-state index in [1.165, 1.54) is 105 Å². The predicted octanol–water partition coefficient (Wildman–Crippen LogP) is 12.8. The number of rotatable bonds is 2. The van der Waals surface area contributed by atoms with Crippen molar-refractivity contribution in [3.05, 3.63) is 162 Å². The largest absolute Gasteiger partial charge is 0.308 e. The second-order valence-electron chi connectivity index (χ2n) is 15.3. The molecule has 11 rings (SSSR count). The standard InChI is InChI=1S/C48H35N/c1-47(2)38-18-7-5-12-32(38)36-26-28(22-24-40(36)47)30-14-10-20-42-44(30)34-16-9-17-35-45-31(15-11-21-43(45)49(42)46(34)35)29-23-25-41-37(27-29)33-13-6-8-19-39(33)48(41,3)4/h5-27H,1-4H3. The molecule has 2 aliphatic rings. The lowest BCUT2D eigenvalue weighted by atomic mass is 9.82. The summed E-state index contributed by atoms with van der Waals surface area (Å²) >= 11 is 0. The normalized spacial score (nSPS) is 15.3. The molecule has 2 heterocycles. The summed E-state index contributed by atoms with van der Waals surface area (Å²) in [7, 11) is 0. The molecule has 9 aromatic rings. The van der Waals surface area contributed by atoms with Gasteiger partial charge in [-0.3, -0.25) is 0 Å². The molecule has 232 valence electrons. The summed E-state index contributed by atoms with van der Waals surface area (Å²) in [5.41, 5.74) is 20.1. The molecule has 0 aliphatic heterocycles. The minimum Gasteiger partial charge on any atom is -0.308 e. The zero-order valence-corrected chi connectivity index (χ0v) is 28.2. The Labute approximate surface area is 286 Å². The molecule has 49 heavy (non-hydrogen) atoms. The average Bonchev–Trinajstić information content (AvgIpc) is 3.80. The van der Waals surface area contributed by atoms with Crippen LogP contribution in [-0.4, -0.2) is 4.40 Å². The molecule has 1 nitrogen and oxygen atoms in total. The molecule has 0 fully saturated rings. The van der Waals surface area contributed by atoms with Crippen molar-refractivity contribution in [2.24, 2.45) is 0 Å². The van der Waals surface area contributed by atoms with Crippen molar-refractivity contribution in [2.75, 3.05) is 0 Å². The lowest BCUT2D eigenvalue weighted by Gasteiger charge is -2.21. The van der Waals surface area contributed by atoms with Gasteiger partial charge in [-0.05, 0) is 91.0 Å². The Hall–Kier alpha value is -5.66. The zero-order chi connectivity index (χ0) is 32.8. The third-order valence-corrected chi connectivity index (χ3v) is 12.2. The minimum absolute atomic E-state index is 0.00205. The number of nitrogens with zero attached hydrogens (tertiary/aromatic N) is 1. The first-order valence-electron chi connectivity index (χ1n) is 17.5. The number of hydrogen-bond donors (Lipinski definition) is 0. The third-order valence-electron chi connectivity index (χ3n) is 12.2. The summed E-state index contributed by atoms with van der Waals surface area (Å²) in [5.74, 6) is 0. The van der Waals surface area contributed by atoms with Gasteiger partial charge >= 0.3 is 0 Å². The molecular formula is C48H35N. The van der Waals surface area contributed by atoms with Crippen LogP contribution in [0.4, 0.5) is 0 Å². The van der Waals surface area contributed by atoms with Crippen LogP contribution in [-0.2, 0) is 10.8 Å². The highest BCUT2D eigenvalue weighted by Gasteiger charge is 2.36. The van der Waals surface area contributed by atoms with Crippen LogP contribution >= 0.6 is 0 Å². The summed E-state index contributed by atoms with van der Waals surface area (Å²) < 4.78 is 2.53. The maximum atomic E-state index is 2.53. The molecule has 0 saturated heterocycles. The Morgan fingerprint density at radius 3 is 1.27 bits per heavy atom. The highest BCUT2D eigenvalue weighted by molar-refractivity contribution is 6.28. The lowest BCUT2D eigenvalue weighted by Crippen LogP contribution is -2.14. The number of aromatic nitrogens is 1. The van der Waals surface area contributed by atoms with Crippen molar-refractivity contribution in [3.8, 4) is 44.5 Å². The predicted molar refractivity (Wildman–Crippen MR) is 207 cm³/mol. The minimum atomic E-state index is 0.00205. The fourth-order valence-corrected chi connectivity index (χ4v) is 9.83. The first-order chi connectivity index (χ1) is 23.8. The van der Waals surface area contributed by atoms with Gasteiger partial charge in [0.25, 0.3) is 0 Å². The van der Waals surface area contributed by atoms with Crippen LogP contribution < -0.4 is 0 Å². The van der Waals surface area contributed by atoms with Gasteiger partial charge in [-0.2, -0.15) is 0 Å². The Balaban J connectivity index is 1.15. The van der Waals surface area contributed by atoms with Gasteiger partial charge < -0.3 is 4.40 Å². The van der Waals surface area contributed by atoms with Gasteiger partial charge in [-0.15, -0.1) is 0 Å². The Morgan fingerprint density at radius 2 is 0.776 bits per heavy atom. The Kier molecular flexibility index (Phi) is 5.05. The van der Waals surface area contributed by atoms with E-state index >= 15 is 0 Å². The summed E-state index contributed by atoms with van der Waals surface area (Å²) in [6, 6.07) is 52.8. The van der Waals surface area contributed by atoms with Crippen LogP contribution in [0, 0.1) is 0 Å². The van der Waals surface area contributed by atoms with E-state index in [0.717, 1.165) is 0 Å². The topological polar surface area (TPSA) is 4.41 Å². The fraction of sp³-hybridized carbons (Fsp3) is 0.125. The van der Waals surface area contributed by atoms with Crippen LogP contribution in [0.1, 0.15) is 49.9 Å². The maximum absolute atomic E-state index is 2.53. The van der Waals surface area contributed by atoms with E-state index in [1.54, 1.807) is 0 Å².